The van der Waals surface area contributed by atoms with Crippen LogP contribution in [0.1, 0.15) is 36.6 Å². The summed E-state index contributed by atoms with van der Waals surface area (Å²) in [7, 11) is 0. The number of halogens is 1. The zero-order valence-electron chi connectivity index (χ0n) is 9.71. The minimum absolute atomic E-state index is 0.139. The molecule has 0 spiro atoms. The molecule has 0 bridgehead atoms. The molecule has 1 saturated heterocycles. The molecule has 2 aromatic rings. The van der Waals surface area contributed by atoms with Crippen LogP contribution in [-0.2, 0) is 0 Å². The van der Waals surface area contributed by atoms with Crippen LogP contribution >= 0.6 is 11.3 Å². The molecule has 2 heterocycles. The summed E-state index contributed by atoms with van der Waals surface area (Å²) in [6.07, 6.45) is 5.09. The molecule has 1 aliphatic heterocycles. The van der Waals surface area contributed by atoms with Gasteiger partial charge in [-0.25, -0.2) is 4.39 Å². The molecular weight excluding hydrogens is 233 g/mol. The lowest BCUT2D eigenvalue weighted by Gasteiger charge is -2.12. The van der Waals surface area contributed by atoms with Crippen LogP contribution in [0.3, 0.4) is 0 Å². The monoisotopic (exact) mass is 249 g/mol. The van der Waals surface area contributed by atoms with Crippen molar-refractivity contribution in [1.82, 2.24) is 5.32 Å². The van der Waals surface area contributed by atoms with Gasteiger partial charge in [0.15, 0.2) is 0 Å². The third-order valence-corrected chi connectivity index (χ3v) is 4.62. The number of fused-ring (bicyclic) bond motifs is 1. The number of benzene rings is 1. The summed E-state index contributed by atoms with van der Waals surface area (Å²) in [5, 5.41) is 4.75. The van der Waals surface area contributed by atoms with Crippen LogP contribution in [0.25, 0.3) is 10.1 Å². The Morgan fingerprint density at radius 3 is 3.06 bits per heavy atom. The van der Waals surface area contributed by atoms with Gasteiger partial charge in [0.2, 0.25) is 0 Å². The fourth-order valence-corrected chi connectivity index (χ4v) is 3.67. The van der Waals surface area contributed by atoms with E-state index < -0.39 is 0 Å². The Balaban J connectivity index is 1.93. The fraction of sp³-hybridized carbons (Fsp3) is 0.429. The van der Waals surface area contributed by atoms with Crippen molar-refractivity contribution in [3.05, 3.63) is 35.0 Å². The summed E-state index contributed by atoms with van der Waals surface area (Å²) in [6, 6.07) is 7.74. The molecule has 0 saturated carbocycles. The molecule has 0 amide bonds. The molecule has 3 heteroatoms. The number of hydrogen-bond acceptors (Lipinski definition) is 2. The van der Waals surface area contributed by atoms with Crippen LogP contribution in [-0.4, -0.2) is 6.54 Å². The molecule has 0 radical (unpaired) electrons. The van der Waals surface area contributed by atoms with Crippen LogP contribution in [0.15, 0.2) is 24.3 Å². The van der Waals surface area contributed by atoms with Gasteiger partial charge < -0.3 is 5.32 Å². The number of hydrogen-bond donors (Lipinski definition) is 1. The lowest BCUT2D eigenvalue weighted by atomic mass is 10.1. The van der Waals surface area contributed by atoms with Crippen molar-refractivity contribution in [2.45, 2.75) is 31.7 Å². The Morgan fingerprint density at radius 2 is 2.12 bits per heavy atom. The van der Waals surface area contributed by atoms with Crippen molar-refractivity contribution >= 4 is 21.4 Å². The zero-order chi connectivity index (χ0) is 11.7. The van der Waals surface area contributed by atoms with Crippen molar-refractivity contribution in [3.8, 4) is 0 Å². The number of nitrogens with one attached hydrogen (secondary N) is 1. The SMILES string of the molecule is Fc1ccc2cc(C3CCCCCN3)sc2c1. The topological polar surface area (TPSA) is 12.0 Å². The maximum atomic E-state index is 13.1. The molecule has 90 valence electrons. The highest BCUT2D eigenvalue weighted by Gasteiger charge is 2.16. The van der Waals surface area contributed by atoms with E-state index in [2.05, 4.69) is 11.4 Å². The predicted octanol–water partition coefficient (Wildman–Crippen LogP) is 4.25. The Labute approximate surface area is 105 Å². The first-order valence-electron chi connectivity index (χ1n) is 6.25. The van der Waals surface area contributed by atoms with E-state index in [1.165, 1.54) is 30.6 Å². The molecule has 1 nitrogen and oxygen atoms in total. The highest BCUT2D eigenvalue weighted by Crippen LogP contribution is 2.33. The van der Waals surface area contributed by atoms with Crippen molar-refractivity contribution < 1.29 is 4.39 Å². The minimum atomic E-state index is -0.139. The molecular formula is C14H16FNS. The first-order chi connectivity index (χ1) is 8.33. The number of thiophene rings is 1. The van der Waals surface area contributed by atoms with E-state index in [1.54, 1.807) is 23.5 Å². The second-order valence-electron chi connectivity index (χ2n) is 4.69. The van der Waals surface area contributed by atoms with E-state index in [4.69, 9.17) is 0 Å². The van der Waals surface area contributed by atoms with E-state index >= 15 is 0 Å². The predicted molar refractivity (Wildman–Crippen MR) is 71.0 cm³/mol. The maximum absolute atomic E-state index is 13.1. The van der Waals surface area contributed by atoms with Crippen molar-refractivity contribution in [1.29, 1.82) is 0 Å². The van der Waals surface area contributed by atoms with Crippen LogP contribution in [0, 0.1) is 5.82 Å². The van der Waals surface area contributed by atoms with E-state index in [0.29, 0.717) is 6.04 Å². The molecule has 1 aromatic carbocycles. The molecule has 1 aliphatic rings. The molecule has 17 heavy (non-hydrogen) atoms. The summed E-state index contributed by atoms with van der Waals surface area (Å²) in [5.41, 5.74) is 0. The highest BCUT2D eigenvalue weighted by molar-refractivity contribution is 7.19. The molecule has 3 rings (SSSR count). The lowest BCUT2D eigenvalue weighted by Crippen LogP contribution is -2.19. The van der Waals surface area contributed by atoms with E-state index in [9.17, 15) is 4.39 Å². The van der Waals surface area contributed by atoms with Crippen molar-refractivity contribution in [2.75, 3.05) is 6.54 Å². The van der Waals surface area contributed by atoms with Crippen LogP contribution in [0.4, 0.5) is 4.39 Å². The summed E-state index contributed by atoms with van der Waals surface area (Å²) in [5.74, 6) is -0.139. The third-order valence-electron chi connectivity index (χ3n) is 3.40. The van der Waals surface area contributed by atoms with Gasteiger partial charge in [0.25, 0.3) is 0 Å². The second-order valence-corrected chi connectivity index (χ2v) is 5.80. The van der Waals surface area contributed by atoms with Crippen LogP contribution in [0.2, 0.25) is 0 Å². The lowest BCUT2D eigenvalue weighted by molar-refractivity contribution is 0.543. The van der Waals surface area contributed by atoms with Crippen molar-refractivity contribution in [2.24, 2.45) is 0 Å². The molecule has 1 fully saturated rings. The van der Waals surface area contributed by atoms with Gasteiger partial charge in [-0.05, 0) is 43.0 Å². The number of rotatable bonds is 1. The van der Waals surface area contributed by atoms with Gasteiger partial charge in [0, 0.05) is 15.6 Å². The maximum Gasteiger partial charge on any atom is 0.124 e. The summed E-state index contributed by atoms with van der Waals surface area (Å²) in [4.78, 5) is 1.35. The normalized spacial score (nSPS) is 21.6. The van der Waals surface area contributed by atoms with Gasteiger partial charge in [0.05, 0.1) is 0 Å². The van der Waals surface area contributed by atoms with E-state index in [1.807, 2.05) is 6.07 Å². The molecule has 1 aromatic heterocycles. The first kappa shape index (κ1) is 11.2. The molecule has 1 unspecified atom stereocenters. The van der Waals surface area contributed by atoms with Gasteiger partial charge in [-0.2, -0.15) is 0 Å². The first-order valence-corrected chi connectivity index (χ1v) is 7.07. The Bertz CT molecular complexity index is 512. The third kappa shape index (κ3) is 2.35. The molecule has 1 N–H and O–H groups in total. The summed E-state index contributed by atoms with van der Waals surface area (Å²) >= 11 is 1.72. The van der Waals surface area contributed by atoms with Gasteiger partial charge in [-0.1, -0.05) is 18.9 Å². The Morgan fingerprint density at radius 1 is 1.18 bits per heavy atom. The largest absolute Gasteiger partial charge is 0.309 e. The van der Waals surface area contributed by atoms with Gasteiger partial charge in [-0.3, -0.25) is 0 Å². The smallest absolute Gasteiger partial charge is 0.124 e. The van der Waals surface area contributed by atoms with E-state index in [0.717, 1.165) is 16.6 Å². The fourth-order valence-electron chi connectivity index (χ4n) is 2.47. The Kier molecular flexibility index (Phi) is 3.12. The zero-order valence-corrected chi connectivity index (χ0v) is 10.5. The van der Waals surface area contributed by atoms with Crippen molar-refractivity contribution in [3.63, 3.8) is 0 Å². The van der Waals surface area contributed by atoms with Gasteiger partial charge >= 0.3 is 0 Å². The minimum Gasteiger partial charge on any atom is -0.309 e. The average molecular weight is 249 g/mol. The van der Waals surface area contributed by atoms with Gasteiger partial charge in [0.1, 0.15) is 5.82 Å². The van der Waals surface area contributed by atoms with Crippen LogP contribution in [0.5, 0.6) is 0 Å². The summed E-state index contributed by atoms with van der Waals surface area (Å²) in [6.45, 7) is 1.10. The van der Waals surface area contributed by atoms with Crippen LogP contribution < -0.4 is 5.32 Å². The average Bonchev–Trinajstić information content (AvgIpc) is 2.57. The van der Waals surface area contributed by atoms with Gasteiger partial charge in [-0.15, -0.1) is 11.3 Å². The second kappa shape index (κ2) is 4.75. The Hall–Kier alpha value is -0.930. The van der Waals surface area contributed by atoms with E-state index in [-0.39, 0.29) is 5.82 Å². The quantitative estimate of drug-likeness (QED) is 0.797. The molecule has 0 aliphatic carbocycles. The summed E-state index contributed by atoms with van der Waals surface area (Å²) < 4.78 is 14.2. The highest BCUT2D eigenvalue weighted by atomic mass is 32.1. The standard InChI is InChI=1S/C14H16FNS/c15-11-6-5-10-8-14(17-13(10)9-11)12-4-2-1-3-7-16-12/h5-6,8-9,12,16H,1-4,7H2. The molecule has 1 atom stereocenters.